The van der Waals surface area contributed by atoms with Gasteiger partial charge in [0.2, 0.25) is 0 Å². The fourth-order valence-electron chi connectivity index (χ4n) is 3.44. The summed E-state index contributed by atoms with van der Waals surface area (Å²) in [6.45, 7) is 4.06. The molecule has 3 rings (SSSR count). The first-order valence-electron chi connectivity index (χ1n) is 9.08. The van der Waals surface area contributed by atoms with Crippen molar-refractivity contribution in [3.05, 3.63) is 52.7 Å². The van der Waals surface area contributed by atoms with E-state index in [1.165, 1.54) is 9.77 Å². The Morgan fingerprint density at radius 2 is 1.89 bits per heavy atom. The molecule has 1 aromatic carbocycles. The number of ether oxygens (including phenoxy) is 1. The van der Waals surface area contributed by atoms with Gasteiger partial charge in [-0.2, -0.15) is 5.26 Å². The first-order chi connectivity index (χ1) is 13.6. The normalized spacial score (nSPS) is 10.7. The second-order valence-corrected chi connectivity index (χ2v) is 7.95. The van der Waals surface area contributed by atoms with E-state index in [4.69, 9.17) is 4.74 Å². The van der Waals surface area contributed by atoms with Gasteiger partial charge in [0.25, 0.3) is 0 Å². The lowest BCUT2D eigenvalue weighted by Crippen LogP contribution is -2.12. The Morgan fingerprint density at radius 1 is 1.21 bits per heavy atom. The number of carbonyl (C=O) groups excluding carboxylic acids is 1. The van der Waals surface area contributed by atoms with Crippen LogP contribution < -0.4 is 0 Å². The third kappa shape index (κ3) is 3.48. The summed E-state index contributed by atoms with van der Waals surface area (Å²) in [5.41, 5.74) is 4.45. The summed E-state index contributed by atoms with van der Waals surface area (Å²) in [5, 5.41) is 11.9. The van der Waals surface area contributed by atoms with Crippen molar-refractivity contribution in [1.29, 1.82) is 5.26 Å². The first-order valence-corrected chi connectivity index (χ1v) is 11.2. The van der Waals surface area contributed by atoms with E-state index in [2.05, 4.69) is 35.9 Å². The average molecular weight is 411 g/mol. The molecule has 0 radical (unpaired) electrons. The van der Waals surface area contributed by atoms with Gasteiger partial charge in [-0.15, -0.1) is 23.1 Å². The van der Waals surface area contributed by atoms with Crippen LogP contribution in [-0.4, -0.2) is 23.4 Å². The lowest BCUT2D eigenvalue weighted by molar-refractivity contribution is 0.0516. The number of benzene rings is 1. The summed E-state index contributed by atoms with van der Waals surface area (Å²) >= 11 is 3.44. The monoisotopic (exact) mass is 410 g/mol. The van der Waals surface area contributed by atoms with Crippen LogP contribution in [0.15, 0.2) is 40.6 Å². The Morgan fingerprint density at radius 3 is 2.46 bits per heavy atom. The van der Waals surface area contributed by atoms with Crippen LogP contribution in [0.1, 0.15) is 35.6 Å². The summed E-state index contributed by atoms with van der Waals surface area (Å²) in [7, 11) is 1.82. The predicted octanol–water partition coefficient (Wildman–Crippen LogP) is 5.75. The number of aromatic nitrogens is 1. The molecule has 3 aromatic rings. The standard InChI is InChI=1S/C22H22N2O2S2/c1-5-17-16(13-23)19(20(24(17)3)22(25)26-6-2)14-7-9-15(10-8-14)21-18(27-4)11-12-28-21/h7-12H,5-6H2,1-4H3. The van der Waals surface area contributed by atoms with Crippen molar-refractivity contribution in [1.82, 2.24) is 4.57 Å². The third-order valence-corrected chi connectivity index (χ3v) is 6.59. The highest BCUT2D eigenvalue weighted by atomic mass is 32.2. The van der Waals surface area contributed by atoms with E-state index in [9.17, 15) is 10.1 Å². The molecule has 0 aliphatic heterocycles. The van der Waals surface area contributed by atoms with E-state index in [-0.39, 0.29) is 0 Å². The van der Waals surface area contributed by atoms with Crippen molar-refractivity contribution in [2.45, 2.75) is 25.2 Å². The highest BCUT2D eigenvalue weighted by molar-refractivity contribution is 7.98. The number of hydrogen-bond acceptors (Lipinski definition) is 5. The number of nitriles is 1. The second-order valence-electron chi connectivity index (χ2n) is 6.19. The van der Waals surface area contributed by atoms with Gasteiger partial charge in [0.05, 0.1) is 12.2 Å². The minimum absolute atomic E-state index is 0.293. The fourth-order valence-corrected chi connectivity index (χ4v) is 5.23. The average Bonchev–Trinajstić information content (AvgIpc) is 3.29. The molecule has 0 saturated heterocycles. The Kier molecular flexibility index (Phi) is 6.28. The smallest absolute Gasteiger partial charge is 0.355 e. The van der Waals surface area contributed by atoms with Crippen LogP contribution in [0.4, 0.5) is 0 Å². The highest BCUT2D eigenvalue weighted by Crippen LogP contribution is 2.38. The Hall–Kier alpha value is -2.49. The zero-order valence-corrected chi connectivity index (χ0v) is 18.0. The lowest BCUT2D eigenvalue weighted by Gasteiger charge is -2.09. The van der Waals surface area contributed by atoms with Crippen LogP contribution in [-0.2, 0) is 18.2 Å². The maximum Gasteiger partial charge on any atom is 0.355 e. The number of esters is 1. The van der Waals surface area contributed by atoms with Crippen molar-refractivity contribution in [3.8, 4) is 27.6 Å². The van der Waals surface area contributed by atoms with Gasteiger partial charge in [-0.05, 0) is 42.2 Å². The molecular formula is C22H22N2O2S2. The van der Waals surface area contributed by atoms with Gasteiger partial charge < -0.3 is 9.30 Å². The van der Waals surface area contributed by atoms with Gasteiger partial charge in [0, 0.05) is 28.1 Å². The molecule has 4 nitrogen and oxygen atoms in total. The molecule has 0 N–H and O–H groups in total. The molecule has 28 heavy (non-hydrogen) atoms. The SMILES string of the molecule is CCOC(=O)c1c(-c2ccc(-c3sccc3SC)cc2)c(C#N)c(CC)n1C. The largest absolute Gasteiger partial charge is 0.461 e. The molecule has 2 heterocycles. The lowest BCUT2D eigenvalue weighted by atomic mass is 9.98. The Labute approximate surface area is 173 Å². The summed E-state index contributed by atoms with van der Waals surface area (Å²) in [4.78, 5) is 15.1. The molecular weight excluding hydrogens is 388 g/mol. The molecule has 0 spiro atoms. The second kappa shape index (κ2) is 8.68. The van der Waals surface area contributed by atoms with Gasteiger partial charge in [0.15, 0.2) is 0 Å². The molecule has 0 unspecified atom stereocenters. The molecule has 0 amide bonds. The van der Waals surface area contributed by atoms with E-state index >= 15 is 0 Å². The van der Waals surface area contributed by atoms with Crippen LogP contribution in [0, 0.1) is 11.3 Å². The molecule has 144 valence electrons. The van der Waals surface area contributed by atoms with E-state index in [0.717, 1.165) is 16.8 Å². The van der Waals surface area contributed by atoms with Crippen LogP contribution >= 0.6 is 23.1 Å². The van der Waals surface area contributed by atoms with Crippen LogP contribution in [0.5, 0.6) is 0 Å². The minimum atomic E-state index is -0.400. The van der Waals surface area contributed by atoms with E-state index in [1.54, 1.807) is 34.6 Å². The van der Waals surface area contributed by atoms with Crippen molar-refractivity contribution in [2.75, 3.05) is 12.9 Å². The van der Waals surface area contributed by atoms with E-state index in [0.29, 0.717) is 29.8 Å². The zero-order chi connectivity index (χ0) is 20.3. The molecule has 0 saturated carbocycles. The number of thioether (sulfide) groups is 1. The summed E-state index contributed by atoms with van der Waals surface area (Å²) in [6, 6.07) is 12.5. The fraction of sp³-hybridized carbons (Fsp3) is 0.273. The van der Waals surface area contributed by atoms with Crippen molar-refractivity contribution in [2.24, 2.45) is 7.05 Å². The summed E-state index contributed by atoms with van der Waals surface area (Å²) in [6.07, 6.45) is 2.73. The molecule has 0 aliphatic rings. The minimum Gasteiger partial charge on any atom is -0.461 e. The first kappa shape index (κ1) is 20.2. The maximum absolute atomic E-state index is 12.6. The van der Waals surface area contributed by atoms with Gasteiger partial charge in [-0.25, -0.2) is 4.79 Å². The highest BCUT2D eigenvalue weighted by Gasteiger charge is 2.26. The molecule has 2 aromatic heterocycles. The zero-order valence-electron chi connectivity index (χ0n) is 16.4. The van der Waals surface area contributed by atoms with E-state index < -0.39 is 5.97 Å². The van der Waals surface area contributed by atoms with Gasteiger partial charge >= 0.3 is 5.97 Å². The number of thiophene rings is 1. The Balaban J connectivity index is 2.15. The number of rotatable bonds is 6. The van der Waals surface area contributed by atoms with Crippen LogP contribution in [0.25, 0.3) is 21.6 Å². The summed E-state index contributed by atoms with van der Waals surface area (Å²) < 4.78 is 7.07. The van der Waals surface area contributed by atoms with Gasteiger partial charge in [0.1, 0.15) is 11.8 Å². The van der Waals surface area contributed by atoms with Crippen molar-refractivity contribution < 1.29 is 9.53 Å². The summed E-state index contributed by atoms with van der Waals surface area (Å²) in [5.74, 6) is -0.400. The third-order valence-electron chi connectivity index (χ3n) is 4.72. The van der Waals surface area contributed by atoms with Gasteiger partial charge in [-0.1, -0.05) is 31.2 Å². The van der Waals surface area contributed by atoms with Gasteiger partial charge in [-0.3, -0.25) is 0 Å². The number of hydrogen-bond donors (Lipinski definition) is 0. The number of nitrogens with zero attached hydrogens (tertiary/aromatic N) is 2. The van der Waals surface area contributed by atoms with Crippen LogP contribution in [0.2, 0.25) is 0 Å². The van der Waals surface area contributed by atoms with Crippen LogP contribution in [0.3, 0.4) is 0 Å². The Bertz CT molecular complexity index is 1040. The number of carbonyl (C=O) groups is 1. The molecule has 0 atom stereocenters. The molecule has 0 bridgehead atoms. The predicted molar refractivity (Wildman–Crippen MR) is 116 cm³/mol. The molecule has 0 fully saturated rings. The van der Waals surface area contributed by atoms with Crippen molar-refractivity contribution in [3.63, 3.8) is 0 Å². The van der Waals surface area contributed by atoms with E-state index in [1.807, 2.05) is 26.1 Å². The quantitative estimate of drug-likeness (QED) is 0.383. The topological polar surface area (TPSA) is 55.0 Å². The van der Waals surface area contributed by atoms with Crippen molar-refractivity contribution >= 4 is 29.1 Å². The molecule has 0 aliphatic carbocycles. The molecule has 6 heteroatoms. The maximum atomic E-state index is 12.6.